The van der Waals surface area contributed by atoms with Crippen molar-refractivity contribution in [2.24, 2.45) is 5.92 Å². The molecule has 2 heterocycles. The van der Waals surface area contributed by atoms with E-state index >= 15 is 0 Å². The standard InChI is InChI=1S/C15H16BrN3O3/c1-10(7-19-8-12(16)6-18-19)15(20)17-5-11-2-3-13-14(4-11)22-9-21-13/h2-4,6,8,10H,5,7,9H2,1H3,(H,17,20). The summed E-state index contributed by atoms with van der Waals surface area (Å²) in [5, 5.41) is 7.08. The van der Waals surface area contributed by atoms with E-state index in [0.717, 1.165) is 21.5 Å². The second kappa shape index (κ2) is 6.39. The van der Waals surface area contributed by atoms with Gasteiger partial charge in [0.15, 0.2) is 11.5 Å². The largest absolute Gasteiger partial charge is 0.454 e. The number of fused-ring (bicyclic) bond motifs is 1. The number of aromatic nitrogens is 2. The summed E-state index contributed by atoms with van der Waals surface area (Å²) in [7, 11) is 0. The zero-order chi connectivity index (χ0) is 15.5. The molecule has 1 amide bonds. The van der Waals surface area contributed by atoms with Gasteiger partial charge < -0.3 is 14.8 Å². The highest BCUT2D eigenvalue weighted by molar-refractivity contribution is 9.10. The lowest BCUT2D eigenvalue weighted by atomic mass is 10.1. The summed E-state index contributed by atoms with van der Waals surface area (Å²) >= 11 is 3.34. The van der Waals surface area contributed by atoms with Crippen molar-refractivity contribution < 1.29 is 14.3 Å². The van der Waals surface area contributed by atoms with E-state index in [1.807, 2.05) is 31.3 Å². The number of halogens is 1. The topological polar surface area (TPSA) is 65.4 Å². The van der Waals surface area contributed by atoms with E-state index in [-0.39, 0.29) is 18.6 Å². The number of ether oxygens (including phenoxy) is 2. The van der Waals surface area contributed by atoms with E-state index in [9.17, 15) is 4.79 Å². The molecule has 1 aromatic heterocycles. The predicted molar refractivity (Wildman–Crippen MR) is 83.5 cm³/mol. The molecule has 116 valence electrons. The van der Waals surface area contributed by atoms with Crippen LogP contribution >= 0.6 is 15.9 Å². The van der Waals surface area contributed by atoms with Crippen LogP contribution in [0.1, 0.15) is 12.5 Å². The van der Waals surface area contributed by atoms with Gasteiger partial charge in [-0.1, -0.05) is 13.0 Å². The molecule has 1 atom stereocenters. The lowest BCUT2D eigenvalue weighted by Gasteiger charge is -2.12. The van der Waals surface area contributed by atoms with Crippen molar-refractivity contribution in [3.63, 3.8) is 0 Å². The molecule has 1 unspecified atom stereocenters. The van der Waals surface area contributed by atoms with Crippen molar-refractivity contribution in [2.45, 2.75) is 20.0 Å². The van der Waals surface area contributed by atoms with Gasteiger partial charge in [0.05, 0.1) is 23.1 Å². The molecular weight excluding hydrogens is 350 g/mol. The summed E-state index contributed by atoms with van der Waals surface area (Å²) in [6.45, 7) is 3.13. The van der Waals surface area contributed by atoms with Crippen molar-refractivity contribution in [3.05, 3.63) is 40.6 Å². The molecule has 0 saturated heterocycles. The molecule has 0 saturated carbocycles. The van der Waals surface area contributed by atoms with Gasteiger partial charge in [-0.3, -0.25) is 9.48 Å². The Morgan fingerprint density at radius 1 is 1.45 bits per heavy atom. The summed E-state index contributed by atoms with van der Waals surface area (Å²) in [5.74, 6) is 1.29. The monoisotopic (exact) mass is 365 g/mol. The van der Waals surface area contributed by atoms with Crippen LogP contribution in [0.3, 0.4) is 0 Å². The number of carbonyl (C=O) groups excluding carboxylic acids is 1. The summed E-state index contributed by atoms with van der Waals surface area (Å²) in [5.41, 5.74) is 0.978. The molecule has 1 aliphatic heterocycles. The quantitative estimate of drug-likeness (QED) is 0.882. The molecule has 0 spiro atoms. The average Bonchev–Trinajstić information content (AvgIpc) is 3.12. The van der Waals surface area contributed by atoms with Crippen LogP contribution in [0, 0.1) is 5.92 Å². The minimum Gasteiger partial charge on any atom is -0.454 e. The molecule has 1 aliphatic rings. The minimum atomic E-state index is -0.166. The SMILES string of the molecule is CC(Cn1cc(Br)cn1)C(=O)NCc1ccc2c(c1)OCO2. The van der Waals surface area contributed by atoms with Gasteiger partial charge >= 0.3 is 0 Å². The van der Waals surface area contributed by atoms with Crippen molar-refractivity contribution in [1.82, 2.24) is 15.1 Å². The minimum absolute atomic E-state index is 0.00992. The molecule has 3 rings (SSSR count). The first kappa shape index (κ1) is 14.9. The summed E-state index contributed by atoms with van der Waals surface area (Å²) < 4.78 is 13.2. The van der Waals surface area contributed by atoms with Gasteiger partial charge in [-0.25, -0.2) is 0 Å². The van der Waals surface area contributed by atoms with Crippen LogP contribution in [0.4, 0.5) is 0 Å². The molecule has 1 aromatic carbocycles. The summed E-state index contributed by atoms with van der Waals surface area (Å²) in [4.78, 5) is 12.1. The number of nitrogens with one attached hydrogen (secondary N) is 1. The molecular formula is C15H16BrN3O3. The first-order chi connectivity index (χ1) is 10.6. The van der Waals surface area contributed by atoms with Gasteiger partial charge in [0, 0.05) is 12.7 Å². The average molecular weight is 366 g/mol. The maximum Gasteiger partial charge on any atom is 0.231 e. The van der Waals surface area contributed by atoms with Crippen LogP contribution in [0.15, 0.2) is 35.1 Å². The van der Waals surface area contributed by atoms with E-state index in [0.29, 0.717) is 13.1 Å². The highest BCUT2D eigenvalue weighted by Gasteiger charge is 2.16. The zero-order valence-electron chi connectivity index (χ0n) is 12.1. The van der Waals surface area contributed by atoms with Gasteiger partial charge in [-0.2, -0.15) is 5.10 Å². The van der Waals surface area contributed by atoms with Crippen molar-refractivity contribution in [2.75, 3.05) is 6.79 Å². The van der Waals surface area contributed by atoms with E-state index in [4.69, 9.17) is 9.47 Å². The van der Waals surface area contributed by atoms with Gasteiger partial charge in [0.2, 0.25) is 12.7 Å². The van der Waals surface area contributed by atoms with E-state index < -0.39 is 0 Å². The van der Waals surface area contributed by atoms with Gasteiger partial charge in [0.25, 0.3) is 0 Å². The molecule has 6 nitrogen and oxygen atoms in total. The van der Waals surface area contributed by atoms with E-state index in [1.165, 1.54) is 0 Å². The smallest absolute Gasteiger partial charge is 0.231 e. The second-order valence-corrected chi connectivity index (χ2v) is 6.10. The molecule has 0 radical (unpaired) electrons. The molecule has 7 heteroatoms. The third-order valence-electron chi connectivity index (χ3n) is 3.41. The summed E-state index contributed by atoms with van der Waals surface area (Å²) in [6.07, 6.45) is 3.55. The molecule has 22 heavy (non-hydrogen) atoms. The number of amides is 1. The Hall–Kier alpha value is -2.02. The lowest BCUT2D eigenvalue weighted by molar-refractivity contribution is -0.125. The first-order valence-corrected chi connectivity index (χ1v) is 7.75. The Kier molecular flexibility index (Phi) is 4.33. The number of carbonyl (C=O) groups is 1. The maximum atomic E-state index is 12.1. The third kappa shape index (κ3) is 3.41. The highest BCUT2D eigenvalue weighted by Crippen LogP contribution is 2.32. The van der Waals surface area contributed by atoms with Crippen LogP contribution in [-0.4, -0.2) is 22.5 Å². The Balaban J connectivity index is 1.53. The highest BCUT2D eigenvalue weighted by atomic mass is 79.9. The first-order valence-electron chi connectivity index (χ1n) is 6.96. The number of hydrogen-bond acceptors (Lipinski definition) is 4. The number of hydrogen-bond donors (Lipinski definition) is 1. The Morgan fingerprint density at radius 3 is 3.05 bits per heavy atom. The molecule has 2 aromatic rings. The fourth-order valence-corrected chi connectivity index (χ4v) is 2.54. The molecule has 0 aliphatic carbocycles. The fraction of sp³-hybridized carbons (Fsp3) is 0.333. The number of rotatable bonds is 5. The number of benzene rings is 1. The van der Waals surface area contributed by atoms with Crippen LogP contribution < -0.4 is 14.8 Å². The van der Waals surface area contributed by atoms with Crippen LogP contribution in [0.25, 0.3) is 0 Å². The van der Waals surface area contributed by atoms with Gasteiger partial charge in [-0.05, 0) is 33.6 Å². The zero-order valence-corrected chi connectivity index (χ0v) is 13.7. The third-order valence-corrected chi connectivity index (χ3v) is 3.82. The number of nitrogens with zero attached hydrogens (tertiary/aromatic N) is 2. The Labute approximate surface area is 136 Å². The normalized spacial score (nSPS) is 13.9. The Morgan fingerprint density at radius 2 is 2.27 bits per heavy atom. The molecule has 0 fully saturated rings. The van der Waals surface area contributed by atoms with Crippen molar-refractivity contribution in [1.29, 1.82) is 0 Å². The predicted octanol–water partition coefficient (Wildman–Crippen LogP) is 2.33. The Bertz CT molecular complexity index is 686. The maximum absolute atomic E-state index is 12.1. The summed E-state index contributed by atoms with van der Waals surface area (Å²) in [6, 6.07) is 5.66. The molecule has 0 bridgehead atoms. The van der Waals surface area contributed by atoms with Gasteiger partial charge in [0.1, 0.15) is 0 Å². The van der Waals surface area contributed by atoms with E-state index in [2.05, 4.69) is 26.3 Å². The molecule has 1 N–H and O–H groups in total. The van der Waals surface area contributed by atoms with Crippen molar-refractivity contribution in [3.8, 4) is 11.5 Å². The van der Waals surface area contributed by atoms with Crippen molar-refractivity contribution >= 4 is 21.8 Å². The van der Waals surface area contributed by atoms with Crippen LogP contribution in [-0.2, 0) is 17.9 Å². The fourth-order valence-electron chi connectivity index (χ4n) is 2.22. The van der Waals surface area contributed by atoms with Crippen LogP contribution in [0.2, 0.25) is 0 Å². The second-order valence-electron chi connectivity index (χ2n) is 5.19. The lowest BCUT2D eigenvalue weighted by Crippen LogP contribution is -2.31. The van der Waals surface area contributed by atoms with Gasteiger partial charge in [-0.15, -0.1) is 0 Å². The van der Waals surface area contributed by atoms with E-state index in [1.54, 1.807) is 10.9 Å². The van der Waals surface area contributed by atoms with Crippen LogP contribution in [0.5, 0.6) is 11.5 Å².